The first-order valence-corrected chi connectivity index (χ1v) is 5.07. The summed E-state index contributed by atoms with van der Waals surface area (Å²) >= 11 is 0. The Hall–Kier alpha value is -0.610. The summed E-state index contributed by atoms with van der Waals surface area (Å²) in [7, 11) is 1.85. The van der Waals surface area contributed by atoms with E-state index in [4.69, 9.17) is 5.11 Å². The van der Waals surface area contributed by atoms with Crippen molar-refractivity contribution in [3.05, 3.63) is 0 Å². The average molecular weight is 200 g/mol. The van der Waals surface area contributed by atoms with Crippen LogP contribution in [0.1, 0.15) is 26.7 Å². The fourth-order valence-corrected chi connectivity index (χ4v) is 1.05. The van der Waals surface area contributed by atoms with Gasteiger partial charge in [0, 0.05) is 11.6 Å². The molecule has 0 aromatic rings. The Morgan fingerprint density at radius 3 is 2.57 bits per heavy atom. The Morgan fingerprint density at radius 1 is 1.57 bits per heavy atom. The molecule has 1 saturated carbocycles. The van der Waals surface area contributed by atoms with Gasteiger partial charge < -0.3 is 10.4 Å². The van der Waals surface area contributed by atoms with Crippen molar-refractivity contribution in [2.75, 3.05) is 20.2 Å². The number of aliphatic hydroxyl groups excluding tert-OH is 1. The second kappa shape index (κ2) is 4.28. The highest BCUT2D eigenvalue weighted by Gasteiger charge is 2.27. The highest BCUT2D eigenvalue weighted by molar-refractivity contribution is 5.78. The first kappa shape index (κ1) is 11.5. The molecule has 0 bridgehead atoms. The minimum Gasteiger partial charge on any atom is -0.394 e. The van der Waals surface area contributed by atoms with Gasteiger partial charge in [0.1, 0.15) is 0 Å². The largest absolute Gasteiger partial charge is 0.394 e. The molecule has 1 fully saturated rings. The van der Waals surface area contributed by atoms with Crippen LogP contribution in [-0.2, 0) is 4.79 Å². The highest BCUT2D eigenvalue weighted by atomic mass is 16.3. The van der Waals surface area contributed by atoms with Crippen molar-refractivity contribution >= 4 is 5.91 Å². The second-order valence-electron chi connectivity index (χ2n) is 4.67. The smallest absolute Gasteiger partial charge is 0.234 e. The Morgan fingerprint density at radius 2 is 2.14 bits per heavy atom. The van der Waals surface area contributed by atoms with Gasteiger partial charge in [-0.3, -0.25) is 9.69 Å². The van der Waals surface area contributed by atoms with E-state index in [-0.39, 0.29) is 18.1 Å². The Kier molecular flexibility index (Phi) is 3.50. The van der Waals surface area contributed by atoms with Gasteiger partial charge in [0.2, 0.25) is 5.91 Å². The molecule has 1 amide bonds. The zero-order valence-corrected chi connectivity index (χ0v) is 9.21. The maximum Gasteiger partial charge on any atom is 0.234 e. The van der Waals surface area contributed by atoms with Gasteiger partial charge in [-0.15, -0.1) is 0 Å². The van der Waals surface area contributed by atoms with Crippen LogP contribution in [0, 0.1) is 0 Å². The number of nitrogens with zero attached hydrogens (tertiary/aromatic N) is 1. The molecule has 0 atom stereocenters. The lowest BCUT2D eigenvalue weighted by Crippen LogP contribution is -2.49. The SMILES string of the molecule is CN(CC(=O)NC1CC1)C(C)(C)CO. The predicted molar refractivity (Wildman–Crippen MR) is 55.0 cm³/mol. The quantitative estimate of drug-likeness (QED) is 0.655. The van der Waals surface area contributed by atoms with E-state index >= 15 is 0 Å². The van der Waals surface area contributed by atoms with Crippen LogP contribution in [0.4, 0.5) is 0 Å². The molecule has 0 aliphatic heterocycles. The monoisotopic (exact) mass is 200 g/mol. The zero-order chi connectivity index (χ0) is 10.8. The Balaban J connectivity index is 2.30. The Bertz CT molecular complexity index is 212. The fourth-order valence-electron chi connectivity index (χ4n) is 1.05. The van der Waals surface area contributed by atoms with E-state index in [2.05, 4.69) is 5.32 Å². The first-order chi connectivity index (χ1) is 6.45. The third-order valence-electron chi connectivity index (χ3n) is 2.74. The summed E-state index contributed by atoms with van der Waals surface area (Å²) in [4.78, 5) is 13.3. The summed E-state index contributed by atoms with van der Waals surface area (Å²) in [5.41, 5.74) is -0.332. The van der Waals surface area contributed by atoms with E-state index in [1.165, 1.54) is 0 Å². The molecular formula is C10H20N2O2. The number of carbonyl (C=O) groups excluding carboxylic acids is 1. The van der Waals surface area contributed by atoms with Crippen LogP contribution in [-0.4, -0.2) is 47.7 Å². The molecule has 0 heterocycles. The van der Waals surface area contributed by atoms with Crippen LogP contribution in [0.5, 0.6) is 0 Å². The van der Waals surface area contributed by atoms with Crippen molar-refractivity contribution in [1.29, 1.82) is 0 Å². The molecule has 4 nitrogen and oxygen atoms in total. The third-order valence-corrected chi connectivity index (χ3v) is 2.74. The second-order valence-corrected chi connectivity index (χ2v) is 4.67. The van der Waals surface area contributed by atoms with Crippen LogP contribution in [0.3, 0.4) is 0 Å². The maximum atomic E-state index is 11.4. The van der Waals surface area contributed by atoms with Gasteiger partial charge in [-0.25, -0.2) is 0 Å². The minimum atomic E-state index is -0.332. The summed E-state index contributed by atoms with van der Waals surface area (Å²) in [5.74, 6) is 0.0523. The molecule has 1 aliphatic rings. The maximum absolute atomic E-state index is 11.4. The third kappa shape index (κ3) is 3.27. The van der Waals surface area contributed by atoms with Gasteiger partial charge in [-0.1, -0.05) is 0 Å². The lowest BCUT2D eigenvalue weighted by Gasteiger charge is -2.33. The van der Waals surface area contributed by atoms with Crippen molar-refractivity contribution in [3.63, 3.8) is 0 Å². The predicted octanol–water partition coefficient (Wildman–Crippen LogP) is -0.0323. The molecule has 0 spiro atoms. The topological polar surface area (TPSA) is 52.6 Å². The van der Waals surface area contributed by atoms with Crippen LogP contribution < -0.4 is 5.32 Å². The van der Waals surface area contributed by atoms with Gasteiger partial charge in [0.25, 0.3) is 0 Å². The fraction of sp³-hybridized carbons (Fsp3) is 0.900. The van der Waals surface area contributed by atoms with Gasteiger partial charge in [0.05, 0.1) is 13.2 Å². The number of aliphatic hydroxyl groups is 1. The van der Waals surface area contributed by atoms with Crippen molar-refractivity contribution in [3.8, 4) is 0 Å². The molecule has 0 radical (unpaired) electrons. The summed E-state index contributed by atoms with van der Waals surface area (Å²) < 4.78 is 0. The summed E-state index contributed by atoms with van der Waals surface area (Å²) in [6.07, 6.45) is 2.22. The standard InChI is InChI=1S/C10H20N2O2/c1-10(2,7-13)12(3)6-9(14)11-8-4-5-8/h8,13H,4-7H2,1-3H3,(H,11,14). The van der Waals surface area contributed by atoms with Gasteiger partial charge in [-0.2, -0.15) is 0 Å². The normalized spacial score (nSPS) is 17.2. The molecule has 0 unspecified atom stereocenters. The molecule has 14 heavy (non-hydrogen) atoms. The number of amides is 1. The van der Waals surface area contributed by atoms with E-state index in [1.54, 1.807) is 0 Å². The van der Waals surface area contributed by atoms with Crippen LogP contribution >= 0.6 is 0 Å². The van der Waals surface area contributed by atoms with Crippen LogP contribution in [0.15, 0.2) is 0 Å². The summed E-state index contributed by atoms with van der Waals surface area (Å²) in [6.45, 7) is 4.24. The molecule has 1 rings (SSSR count). The number of nitrogens with one attached hydrogen (secondary N) is 1. The first-order valence-electron chi connectivity index (χ1n) is 5.07. The van der Waals surface area contributed by atoms with Gasteiger partial charge >= 0.3 is 0 Å². The van der Waals surface area contributed by atoms with E-state index < -0.39 is 0 Å². The zero-order valence-electron chi connectivity index (χ0n) is 9.21. The molecule has 1 aliphatic carbocycles. The molecular weight excluding hydrogens is 180 g/mol. The van der Waals surface area contributed by atoms with Crippen LogP contribution in [0.2, 0.25) is 0 Å². The van der Waals surface area contributed by atoms with Gasteiger partial charge in [0.15, 0.2) is 0 Å². The highest BCUT2D eigenvalue weighted by Crippen LogP contribution is 2.18. The number of hydrogen-bond donors (Lipinski definition) is 2. The number of carbonyl (C=O) groups is 1. The molecule has 2 N–H and O–H groups in total. The average Bonchev–Trinajstić information content (AvgIpc) is 2.88. The van der Waals surface area contributed by atoms with Crippen molar-refractivity contribution < 1.29 is 9.90 Å². The van der Waals surface area contributed by atoms with E-state index in [0.717, 1.165) is 12.8 Å². The van der Waals surface area contributed by atoms with E-state index in [1.807, 2.05) is 25.8 Å². The number of hydrogen-bond acceptors (Lipinski definition) is 3. The Labute approximate surface area is 85.3 Å². The molecule has 82 valence electrons. The van der Waals surface area contributed by atoms with E-state index in [9.17, 15) is 4.79 Å². The molecule has 4 heteroatoms. The molecule has 0 saturated heterocycles. The molecule has 0 aromatic heterocycles. The summed E-state index contributed by atoms with van der Waals surface area (Å²) in [6, 6.07) is 0.410. The van der Waals surface area contributed by atoms with Crippen LogP contribution in [0.25, 0.3) is 0 Å². The van der Waals surface area contributed by atoms with Crippen molar-refractivity contribution in [1.82, 2.24) is 10.2 Å². The van der Waals surface area contributed by atoms with Crippen molar-refractivity contribution in [2.24, 2.45) is 0 Å². The lowest BCUT2D eigenvalue weighted by atomic mass is 10.1. The summed E-state index contributed by atoms with van der Waals surface area (Å²) in [5, 5.41) is 12.0. The molecule has 0 aromatic carbocycles. The lowest BCUT2D eigenvalue weighted by molar-refractivity contribution is -0.123. The van der Waals surface area contributed by atoms with Gasteiger partial charge in [-0.05, 0) is 33.7 Å². The number of likely N-dealkylation sites (N-methyl/N-ethyl adjacent to an activating group) is 1. The minimum absolute atomic E-state index is 0.0523. The van der Waals surface area contributed by atoms with Crippen molar-refractivity contribution in [2.45, 2.75) is 38.3 Å². The van der Waals surface area contributed by atoms with E-state index in [0.29, 0.717) is 12.6 Å². The number of rotatable bonds is 5.